The largest absolute Gasteiger partial charge is 0.0840 e. The molecule has 0 unspecified atom stereocenters. The molecule has 1 aromatic carbocycles. The summed E-state index contributed by atoms with van der Waals surface area (Å²) in [7, 11) is 0. The van der Waals surface area contributed by atoms with E-state index in [1.807, 2.05) is 0 Å². The zero-order valence-electron chi connectivity index (χ0n) is 12.5. The molecule has 1 rings (SSSR count). The van der Waals surface area contributed by atoms with Crippen LogP contribution in [0.2, 0.25) is 5.02 Å². The first-order valence-corrected chi connectivity index (χ1v) is 6.92. The minimum Gasteiger partial charge on any atom is -0.0840 e. The normalized spacial score (nSPS) is 13.3. The fourth-order valence-electron chi connectivity index (χ4n) is 1.73. The summed E-state index contributed by atoms with van der Waals surface area (Å²) >= 11 is 6.35. The van der Waals surface area contributed by atoms with Gasteiger partial charge >= 0.3 is 0 Å². The van der Waals surface area contributed by atoms with Crippen molar-refractivity contribution in [2.45, 2.75) is 48.0 Å². The zero-order valence-corrected chi connectivity index (χ0v) is 13.2. The average molecular weight is 265 g/mol. The molecule has 0 spiro atoms. The van der Waals surface area contributed by atoms with E-state index in [0.717, 1.165) is 11.4 Å². The van der Waals surface area contributed by atoms with Crippen LogP contribution in [0.25, 0.3) is 6.08 Å². The van der Waals surface area contributed by atoms with Gasteiger partial charge < -0.3 is 0 Å². The Morgan fingerprint density at radius 1 is 1.06 bits per heavy atom. The first kappa shape index (κ1) is 15.3. The minimum atomic E-state index is 0.205. The van der Waals surface area contributed by atoms with Crippen molar-refractivity contribution in [3.8, 4) is 0 Å². The second-order valence-corrected chi connectivity index (χ2v) is 7.69. The molecule has 0 saturated carbocycles. The summed E-state index contributed by atoms with van der Waals surface area (Å²) in [6.45, 7) is 13.3. The summed E-state index contributed by atoms with van der Waals surface area (Å²) in [6, 6.07) is 6.36. The first-order valence-electron chi connectivity index (χ1n) is 6.54. The Kier molecular flexibility index (Phi) is 4.66. The van der Waals surface area contributed by atoms with Crippen molar-refractivity contribution in [3.05, 3.63) is 40.4 Å². The maximum absolute atomic E-state index is 6.35. The highest BCUT2D eigenvalue weighted by Gasteiger charge is 2.13. The highest BCUT2D eigenvalue weighted by Crippen LogP contribution is 2.27. The molecule has 1 aromatic rings. The third-order valence-corrected chi connectivity index (χ3v) is 2.93. The van der Waals surface area contributed by atoms with E-state index in [1.54, 1.807) is 0 Å². The Morgan fingerprint density at radius 2 is 1.67 bits per heavy atom. The van der Waals surface area contributed by atoms with E-state index < -0.39 is 0 Å². The molecule has 0 amide bonds. The lowest BCUT2D eigenvalue weighted by molar-refractivity contribution is 0.411. The van der Waals surface area contributed by atoms with Crippen molar-refractivity contribution in [2.75, 3.05) is 0 Å². The highest BCUT2D eigenvalue weighted by atomic mass is 35.5. The molecule has 18 heavy (non-hydrogen) atoms. The van der Waals surface area contributed by atoms with Gasteiger partial charge in [-0.05, 0) is 34.4 Å². The van der Waals surface area contributed by atoms with Gasteiger partial charge in [0.1, 0.15) is 0 Å². The van der Waals surface area contributed by atoms with Crippen LogP contribution >= 0.6 is 11.6 Å². The fourth-order valence-corrected chi connectivity index (χ4v) is 1.98. The van der Waals surface area contributed by atoms with E-state index >= 15 is 0 Å². The van der Waals surface area contributed by atoms with Gasteiger partial charge in [-0.15, -0.1) is 0 Å². The van der Waals surface area contributed by atoms with Crippen LogP contribution in [-0.4, -0.2) is 0 Å². The predicted octanol–water partition coefficient (Wildman–Crippen LogP) is 5.99. The number of rotatable bonds is 2. The molecule has 100 valence electrons. The molecule has 1 heteroatoms. The first-order chi connectivity index (χ1) is 8.07. The van der Waals surface area contributed by atoms with Crippen LogP contribution in [0.5, 0.6) is 0 Å². The van der Waals surface area contributed by atoms with Crippen LogP contribution in [0.1, 0.15) is 52.7 Å². The van der Waals surface area contributed by atoms with E-state index in [2.05, 4.69) is 71.9 Å². The van der Waals surface area contributed by atoms with Crippen molar-refractivity contribution in [1.82, 2.24) is 0 Å². The van der Waals surface area contributed by atoms with Crippen molar-refractivity contribution in [1.29, 1.82) is 0 Å². The van der Waals surface area contributed by atoms with E-state index in [4.69, 9.17) is 11.6 Å². The van der Waals surface area contributed by atoms with Gasteiger partial charge in [0.15, 0.2) is 0 Å². The zero-order chi connectivity index (χ0) is 14.0. The smallest absolute Gasteiger partial charge is 0.0444 e. The summed E-state index contributed by atoms with van der Waals surface area (Å²) in [5, 5.41) is 0.876. The second kappa shape index (κ2) is 5.48. The Morgan fingerprint density at radius 3 is 2.11 bits per heavy atom. The SMILES string of the molecule is CC(C)(C)/C=C/c1ccc(CC(C)(C)C)c(Cl)c1. The summed E-state index contributed by atoms with van der Waals surface area (Å²) < 4.78 is 0. The van der Waals surface area contributed by atoms with Crippen LogP contribution < -0.4 is 0 Å². The molecule has 0 N–H and O–H groups in total. The molecular formula is C17H25Cl. The lowest BCUT2D eigenvalue weighted by Gasteiger charge is -2.19. The molecule has 0 aliphatic heterocycles. The monoisotopic (exact) mass is 264 g/mol. The average Bonchev–Trinajstić information content (AvgIpc) is 2.15. The van der Waals surface area contributed by atoms with Crippen LogP contribution in [0, 0.1) is 10.8 Å². The topological polar surface area (TPSA) is 0 Å². The van der Waals surface area contributed by atoms with E-state index in [-0.39, 0.29) is 10.8 Å². The van der Waals surface area contributed by atoms with Gasteiger partial charge in [0, 0.05) is 5.02 Å². The summed E-state index contributed by atoms with van der Waals surface area (Å²) in [5.74, 6) is 0. The highest BCUT2D eigenvalue weighted by molar-refractivity contribution is 6.31. The fraction of sp³-hybridized carbons (Fsp3) is 0.529. The van der Waals surface area contributed by atoms with Gasteiger partial charge in [-0.2, -0.15) is 0 Å². The Labute approximate surface area is 117 Å². The predicted molar refractivity (Wildman–Crippen MR) is 83.1 cm³/mol. The number of benzene rings is 1. The molecule has 0 aliphatic carbocycles. The standard InChI is InChI=1S/C17H25Cl/c1-16(2,3)10-9-13-7-8-14(15(18)11-13)12-17(4,5)6/h7-11H,12H2,1-6H3/b10-9+. The van der Waals surface area contributed by atoms with Crippen molar-refractivity contribution in [3.63, 3.8) is 0 Å². The number of allylic oxidation sites excluding steroid dienone is 1. The van der Waals surface area contributed by atoms with Crippen LogP contribution in [0.3, 0.4) is 0 Å². The summed E-state index contributed by atoms with van der Waals surface area (Å²) in [6.07, 6.45) is 5.37. The second-order valence-electron chi connectivity index (χ2n) is 7.29. The molecular weight excluding hydrogens is 240 g/mol. The molecule has 0 aliphatic rings. The van der Waals surface area contributed by atoms with Gasteiger partial charge in [0.2, 0.25) is 0 Å². The van der Waals surface area contributed by atoms with Crippen LogP contribution in [0.4, 0.5) is 0 Å². The lowest BCUT2D eigenvalue weighted by atomic mass is 9.88. The quantitative estimate of drug-likeness (QED) is 0.616. The maximum atomic E-state index is 6.35. The third-order valence-electron chi connectivity index (χ3n) is 2.57. The summed E-state index contributed by atoms with van der Waals surface area (Å²) in [5.41, 5.74) is 2.88. The van der Waals surface area contributed by atoms with Crippen molar-refractivity contribution in [2.24, 2.45) is 10.8 Å². The number of halogens is 1. The maximum Gasteiger partial charge on any atom is 0.0444 e. The molecule has 0 radical (unpaired) electrons. The molecule has 0 heterocycles. The lowest BCUT2D eigenvalue weighted by Crippen LogP contribution is -2.09. The van der Waals surface area contributed by atoms with E-state index in [9.17, 15) is 0 Å². The number of hydrogen-bond acceptors (Lipinski definition) is 0. The molecule has 0 aromatic heterocycles. The van der Waals surface area contributed by atoms with Crippen molar-refractivity contribution >= 4 is 17.7 Å². The Balaban J connectivity index is 2.90. The van der Waals surface area contributed by atoms with Crippen LogP contribution in [0.15, 0.2) is 24.3 Å². The number of hydrogen-bond donors (Lipinski definition) is 0. The third kappa shape index (κ3) is 5.73. The molecule has 0 fully saturated rings. The van der Waals surface area contributed by atoms with Gasteiger partial charge in [-0.3, -0.25) is 0 Å². The van der Waals surface area contributed by atoms with Gasteiger partial charge in [0.25, 0.3) is 0 Å². The summed E-state index contributed by atoms with van der Waals surface area (Å²) in [4.78, 5) is 0. The van der Waals surface area contributed by atoms with E-state index in [1.165, 1.54) is 11.1 Å². The van der Waals surface area contributed by atoms with E-state index in [0.29, 0.717) is 0 Å². The van der Waals surface area contributed by atoms with Gasteiger partial charge in [-0.1, -0.05) is 77.4 Å². The van der Waals surface area contributed by atoms with Crippen molar-refractivity contribution < 1.29 is 0 Å². The van der Waals surface area contributed by atoms with Crippen LogP contribution in [-0.2, 0) is 6.42 Å². The molecule has 0 bridgehead atoms. The molecule has 0 saturated heterocycles. The van der Waals surface area contributed by atoms with Gasteiger partial charge in [-0.25, -0.2) is 0 Å². The Bertz CT molecular complexity index is 428. The molecule has 0 nitrogen and oxygen atoms in total. The molecule has 0 atom stereocenters. The minimum absolute atomic E-state index is 0.205. The van der Waals surface area contributed by atoms with Gasteiger partial charge in [0.05, 0.1) is 0 Å². The Hall–Kier alpha value is -0.750.